The van der Waals surface area contributed by atoms with Gasteiger partial charge in [-0.15, -0.1) is 0 Å². The molecule has 12 rings (SSSR count). The molecule has 0 N–H and O–H groups in total. The molecule has 10 aromatic rings. The summed E-state index contributed by atoms with van der Waals surface area (Å²) in [6.07, 6.45) is 6.07. The van der Waals surface area contributed by atoms with E-state index in [1.54, 1.807) is 0 Å². The molecule has 0 spiro atoms. The summed E-state index contributed by atoms with van der Waals surface area (Å²) in [6.45, 7) is 0. The molecule has 0 saturated heterocycles. The lowest BCUT2D eigenvalue weighted by Gasteiger charge is -2.44. The highest BCUT2D eigenvalue weighted by Crippen LogP contribution is 2.60. The highest BCUT2D eigenvalue weighted by Gasteiger charge is 2.54. The van der Waals surface area contributed by atoms with Crippen LogP contribution in [0.3, 0.4) is 0 Å². The molecule has 0 radical (unpaired) electrons. The zero-order valence-electron chi connectivity index (χ0n) is 37.4. The fourth-order valence-electron chi connectivity index (χ4n) is 12.4. The van der Waals surface area contributed by atoms with Crippen molar-refractivity contribution < 1.29 is 0 Å². The minimum Gasteiger partial charge on any atom is -0.0822 e. The van der Waals surface area contributed by atoms with Crippen molar-refractivity contribution in [3.63, 3.8) is 0 Å². The van der Waals surface area contributed by atoms with Gasteiger partial charge in [0.05, 0.1) is 5.41 Å². The van der Waals surface area contributed by atoms with E-state index < -0.39 is 21.6 Å². The quantitative estimate of drug-likeness (QED) is 0.0948. The van der Waals surface area contributed by atoms with Gasteiger partial charge in [-0.2, -0.15) is 0 Å². The van der Waals surface area contributed by atoms with Gasteiger partial charge in [0.1, 0.15) is 0 Å². The van der Waals surface area contributed by atoms with Gasteiger partial charge in [-0.05, 0) is 92.4 Å². The first kappa shape index (κ1) is 40.9. The van der Waals surface area contributed by atoms with Gasteiger partial charge in [0.2, 0.25) is 0 Å². The molecule has 2 aliphatic rings. The third-order valence-corrected chi connectivity index (χ3v) is 25.1. The predicted molar refractivity (Wildman–Crippen MR) is 289 cm³/mol. The third-order valence-electron chi connectivity index (χ3n) is 15.1. The smallest absolute Gasteiger partial charge is 0.0822 e. The molecule has 0 bridgehead atoms. The first-order valence-corrected chi connectivity index (χ1v) is 27.8. The van der Waals surface area contributed by atoms with Gasteiger partial charge in [0.25, 0.3) is 0 Å². The number of rotatable bonds is 10. The number of hydrogen-bond acceptors (Lipinski definition) is 0. The summed E-state index contributed by atoms with van der Waals surface area (Å²) in [6, 6.07) is 104. The second-order valence-corrected chi connectivity index (χ2v) is 26.1. The summed E-state index contributed by atoms with van der Waals surface area (Å²) >= 11 is 0. The van der Waals surface area contributed by atoms with Crippen LogP contribution in [0.25, 0.3) is 16.3 Å². The second-order valence-electron chi connectivity index (χ2n) is 18.2. The van der Waals surface area contributed by atoms with Gasteiger partial charge in [-0.25, -0.2) is 0 Å². The van der Waals surface area contributed by atoms with Crippen LogP contribution in [0.5, 0.6) is 0 Å². The molecule has 318 valence electrons. The summed E-state index contributed by atoms with van der Waals surface area (Å²) < 4.78 is 0. The van der Waals surface area contributed by atoms with Crippen LogP contribution in [-0.2, 0) is 5.41 Å². The molecule has 2 aliphatic carbocycles. The maximum Gasteiger partial charge on any atom is 0.179 e. The largest absolute Gasteiger partial charge is 0.179 e. The third kappa shape index (κ3) is 6.32. The molecule has 2 atom stereocenters. The molecular weight excluding hydrogens is 837 g/mol. The van der Waals surface area contributed by atoms with Crippen molar-refractivity contribution in [2.45, 2.75) is 17.4 Å². The Labute approximate surface area is 396 Å². The monoisotopic (exact) mass is 886 g/mol. The van der Waals surface area contributed by atoms with E-state index in [1.165, 1.54) is 80.5 Å². The van der Waals surface area contributed by atoms with Crippen molar-refractivity contribution in [1.82, 2.24) is 0 Å². The summed E-state index contributed by atoms with van der Waals surface area (Å²) in [5.41, 5.74) is 7.78. The van der Waals surface area contributed by atoms with E-state index in [0.29, 0.717) is 0 Å². The Morgan fingerprint density at radius 1 is 0.358 bits per heavy atom. The molecular formula is C65H50Si2. The van der Waals surface area contributed by atoms with Crippen molar-refractivity contribution in [3.05, 3.63) is 313 Å². The van der Waals surface area contributed by atoms with E-state index in [2.05, 4.69) is 285 Å². The van der Waals surface area contributed by atoms with Gasteiger partial charge in [0.15, 0.2) is 16.1 Å². The van der Waals surface area contributed by atoms with Crippen LogP contribution in [0.4, 0.5) is 0 Å². The number of hydrogen-bond donors (Lipinski definition) is 0. The normalized spacial score (nSPS) is 16.7. The Hall–Kier alpha value is -7.63. The van der Waals surface area contributed by atoms with Crippen LogP contribution < -0.4 is 36.3 Å². The van der Waals surface area contributed by atoms with Crippen LogP contribution in [-0.4, -0.2) is 16.1 Å². The van der Waals surface area contributed by atoms with Gasteiger partial charge in [0, 0.05) is 0 Å². The molecule has 10 aromatic carbocycles. The molecule has 0 saturated carbocycles. The van der Waals surface area contributed by atoms with Crippen LogP contribution >= 0.6 is 0 Å². The van der Waals surface area contributed by atoms with E-state index in [-0.39, 0.29) is 5.54 Å². The lowest BCUT2D eigenvalue weighted by molar-refractivity contribution is 0.699. The SMILES string of the molecule is C1=CC([Si](c2ccccc2)(c2ccccc2)c2ccccc2)CC2=C1c1ccc([Si](c3ccccc3)(c3ccccc3)c3ccccc3)cc1C2(c1ccccc1)c1cccc2ccccc12. The zero-order valence-corrected chi connectivity index (χ0v) is 39.4. The topological polar surface area (TPSA) is 0 Å². The Balaban J connectivity index is 1.19. The maximum absolute atomic E-state index is 2.92. The van der Waals surface area contributed by atoms with Gasteiger partial charge < -0.3 is 0 Å². The highest BCUT2D eigenvalue weighted by molar-refractivity contribution is 7.20. The lowest BCUT2D eigenvalue weighted by Crippen LogP contribution is -2.74. The molecule has 0 heterocycles. The molecule has 67 heavy (non-hydrogen) atoms. The maximum atomic E-state index is 2.68. The average Bonchev–Trinajstić information content (AvgIpc) is 3.71. The zero-order chi connectivity index (χ0) is 44.7. The number of allylic oxidation sites excluding steroid dienone is 4. The molecule has 0 amide bonds. The van der Waals surface area contributed by atoms with E-state index in [9.17, 15) is 0 Å². The molecule has 2 unspecified atom stereocenters. The van der Waals surface area contributed by atoms with Crippen LogP contribution in [0, 0.1) is 0 Å². The first-order valence-electron chi connectivity index (χ1n) is 23.7. The summed E-state index contributed by atoms with van der Waals surface area (Å²) in [7, 11) is -5.71. The Bertz CT molecular complexity index is 3210. The van der Waals surface area contributed by atoms with Crippen LogP contribution in [0.1, 0.15) is 28.7 Å². The Kier molecular flexibility index (Phi) is 10.4. The fraction of sp³-hybridized carbons (Fsp3) is 0.0462. The Morgan fingerprint density at radius 2 is 0.791 bits per heavy atom. The standard InChI is InChI=1S/C65H50Si2/c1-8-27-50(28-9-1)65(62-42-24-26-49-25-22-23-41-59(49)62)63-47-57(66(51-29-10-2-11-30-51,52-31-12-3-13-32-52)53-33-14-4-15-34-53)43-45-60(63)61-46-44-58(48-64(61)65)67(54-35-16-5-17-36-54,55-37-18-6-19-38-55)56-39-20-7-21-40-56/h1-47,58H,48H2. The Morgan fingerprint density at radius 3 is 1.30 bits per heavy atom. The number of benzene rings is 10. The summed E-state index contributed by atoms with van der Waals surface area (Å²) in [4.78, 5) is 0. The molecule has 0 fully saturated rings. The van der Waals surface area contributed by atoms with Gasteiger partial charge >= 0.3 is 0 Å². The van der Waals surface area contributed by atoms with Crippen molar-refractivity contribution >= 4 is 68.8 Å². The second kappa shape index (κ2) is 17.0. The predicted octanol–water partition coefficient (Wildman–Crippen LogP) is 10.8. The van der Waals surface area contributed by atoms with Crippen LogP contribution in [0.2, 0.25) is 5.54 Å². The van der Waals surface area contributed by atoms with E-state index in [0.717, 1.165) is 6.42 Å². The minimum absolute atomic E-state index is 0.205. The van der Waals surface area contributed by atoms with Crippen molar-refractivity contribution in [3.8, 4) is 0 Å². The van der Waals surface area contributed by atoms with E-state index in [4.69, 9.17) is 0 Å². The van der Waals surface area contributed by atoms with Crippen molar-refractivity contribution in [2.75, 3.05) is 0 Å². The highest BCUT2D eigenvalue weighted by atomic mass is 28.3. The summed E-state index contributed by atoms with van der Waals surface area (Å²) in [5, 5.41) is 12.4. The van der Waals surface area contributed by atoms with Gasteiger partial charge in [-0.3, -0.25) is 0 Å². The fourth-order valence-corrected chi connectivity index (χ4v) is 22.6. The first-order chi connectivity index (χ1) is 33.2. The van der Waals surface area contributed by atoms with Crippen molar-refractivity contribution in [1.29, 1.82) is 0 Å². The molecule has 2 heteroatoms. The van der Waals surface area contributed by atoms with E-state index in [1.807, 2.05) is 0 Å². The molecule has 0 aliphatic heterocycles. The molecule has 0 nitrogen and oxygen atoms in total. The van der Waals surface area contributed by atoms with Gasteiger partial charge in [-0.1, -0.05) is 285 Å². The van der Waals surface area contributed by atoms with Crippen molar-refractivity contribution in [2.24, 2.45) is 0 Å². The average molecular weight is 887 g/mol. The summed E-state index contributed by atoms with van der Waals surface area (Å²) in [5.74, 6) is 0. The molecule has 0 aromatic heterocycles. The van der Waals surface area contributed by atoms with Crippen LogP contribution in [0.15, 0.2) is 291 Å². The van der Waals surface area contributed by atoms with E-state index >= 15 is 0 Å². The minimum atomic E-state index is -2.92. The lowest BCUT2D eigenvalue weighted by atomic mass is 9.64. The number of fused-ring (bicyclic) bond motifs is 3.